The van der Waals surface area contributed by atoms with Gasteiger partial charge in [-0.3, -0.25) is 0 Å². The maximum atomic E-state index is 2.50. The maximum Gasteiger partial charge on any atom is 0.193 e. The molecule has 0 saturated carbocycles. The van der Waals surface area contributed by atoms with Crippen molar-refractivity contribution in [2.24, 2.45) is 0 Å². The minimum Gasteiger partial charge on any atom is -0.336 e. The Bertz CT molecular complexity index is 1240. The van der Waals surface area contributed by atoms with Crippen LogP contribution in [0.1, 0.15) is 17.5 Å². The van der Waals surface area contributed by atoms with E-state index in [0.717, 1.165) is 25.9 Å². The van der Waals surface area contributed by atoms with Crippen molar-refractivity contribution in [3.05, 3.63) is 115 Å². The summed E-state index contributed by atoms with van der Waals surface area (Å²) in [6.45, 7) is 1.91. The Morgan fingerprint density at radius 2 is 1.28 bits per heavy atom. The van der Waals surface area contributed by atoms with Crippen LogP contribution in [-0.2, 0) is 19.5 Å². The first-order valence-electron chi connectivity index (χ1n) is 10.4. The van der Waals surface area contributed by atoms with E-state index < -0.39 is 0 Å². The average Bonchev–Trinajstić information content (AvgIpc) is 3.08. The Morgan fingerprint density at radius 3 is 2.07 bits per heavy atom. The number of hydrogen-bond donors (Lipinski definition) is 0. The number of hydrogen-bond acceptors (Lipinski definition) is 0. The molecule has 2 heterocycles. The van der Waals surface area contributed by atoms with Crippen LogP contribution in [0.3, 0.4) is 0 Å². The van der Waals surface area contributed by atoms with Crippen molar-refractivity contribution in [1.29, 1.82) is 0 Å². The largest absolute Gasteiger partial charge is 0.336 e. The molecule has 0 amide bonds. The Morgan fingerprint density at radius 1 is 0.621 bits per heavy atom. The second kappa shape index (κ2) is 7.92. The van der Waals surface area contributed by atoms with Crippen molar-refractivity contribution in [3.63, 3.8) is 0 Å². The smallest absolute Gasteiger partial charge is 0.193 e. The third-order valence-corrected chi connectivity index (χ3v) is 5.67. The van der Waals surface area contributed by atoms with Gasteiger partial charge in [-0.1, -0.05) is 78.9 Å². The zero-order valence-corrected chi connectivity index (χ0v) is 16.5. The molecule has 3 aromatic carbocycles. The minimum absolute atomic E-state index is 0.891. The number of fused-ring (bicyclic) bond motifs is 3. The van der Waals surface area contributed by atoms with Gasteiger partial charge >= 0.3 is 0 Å². The Labute approximate surface area is 171 Å². The van der Waals surface area contributed by atoms with Crippen LogP contribution in [0.15, 0.2) is 103 Å². The van der Waals surface area contributed by atoms with E-state index in [1.165, 1.54) is 32.9 Å². The molecule has 29 heavy (non-hydrogen) atoms. The highest BCUT2D eigenvalue weighted by atomic mass is 15.0. The highest BCUT2D eigenvalue weighted by Crippen LogP contribution is 2.28. The van der Waals surface area contributed by atoms with E-state index in [2.05, 4.69) is 113 Å². The van der Waals surface area contributed by atoms with Crippen molar-refractivity contribution in [2.75, 3.05) is 0 Å². The van der Waals surface area contributed by atoms with Gasteiger partial charge in [0.15, 0.2) is 18.9 Å². The summed E-state index contributed by atoms with van der Waals surface area (Å²) in [6.07, 6.45) is 6.75. The fourth-order valence-corrected chi connectivity index (χ4v) is 4.25. The van der Waals surface area contributed by atoms with Crippen LogP contribution >= 0.6 is 0 Å². The lowest BCUT2D eigenvalue weighted by atomic mass is 10.1. The van der Waals surface area contributed by atoms with Crippen LogP contribution in [0.25, 0.3) is 21.8 Å². The van der Waals surface area contributed by atoms with Crippen molar-refractivity contribution in [2.45, 2.75) is 25.9 Å². The lowest BCUT2D eigenvalue weighted by molar-refractivity contribution is -0.687. The molecule has 0 N–H and O–H groups in total. The number of nitrogens with zero attached hydrogens (tertiary/aromatic N) is 2. The molecular weight excluding hydrogens is 352 g/mol. The number of pyridine rings is 1. The molecule has 0 unspecified atom stereocenters. The molecule has 0 aliphatic heterocycles. The van der Waals surface area contributed by atoms with Gasteiger partial charge in [0, 0.05) is 34.5 Å². The quantitative estimate of drug-likeness (QED) is 0.333. The Balaban J connectivity index is 1.50. The number of benzene rings is 3. The maximum absolute atomic E-state index is 2.50. The summed E-state index contributed by atoms with van der Waals surface area (Å²) in [6, 6.07) is 32.5. The SMILES string of the molecule is c1ccc(CCCn2c3ccccc3c3cc[n+](Cc4ccccc4)cc32)cc1. The van der Waals surface area contributed by atoms with E-state index in [1.54, 1.807) is 0 Å². The molecule has 5 aromatic rings. The predicted octanol–water partition coefficient (Wildman–Crippen LogP) is 5.76. The van der Waals surface area contributed by atoms with Gasteiger partial charge in [-0.25, -0.2) is 0 Å². The lowest BCUT2D eigenvalue weighted by Crippen LogP contribution is -2.33. The third-order valence-electron chi connectivity index (χ3n) is 5.67. The van der Waals surface area contributed by atoms with Gasteiger partial charge in [-0.15, -0.1) is 0 Å². The van der Waals surface area contributed by atoms with Gasteiger partial charge in [0.1, 0.15) is 5.52 Å². The van der Waals surface area contributed by atoms with Crippen LogP contribution < -0.4 is 4.57 Å². The molecule has 0 atom stereocenters. The van der Waals surface area contributed by atoms with Crippen LogP contribution in [0, 0.1) is 0 Å². The van der Waals surface area contributed by atoms with Crippen LogP contribution in [0.4, 0.5) is 0 Å². The van der Waals surface area contributed by atoms with Gasteiger partial charge < -0.3 is 4.57 Å². The summed E-state index contributed by atoms with van der Waals surface area (Å²) in [5.41, 5.74) is 5.38. The monoisotopic (exact) mass is 377 g/mol. The van der Waals surface area contributed by atoms with Crippen LogP contribution in [-0.4, -0.2) is 4.57 Å². The molecule has 2 heteroatoms. The van der Waals surface area contributed by atoms with Crippen molar-refractivity contribution in [1.82, 2.24) is 4.57 Å². The molecule has 142 valence electrons. The molecule has 0 radical (unpaired) electrons. The highest BCUT2D eigenvalue weighted by Gasteiger charge is 2.14. The van der Waals surface area contributed by atoms with Gasteiger partial charge in [0.05, 0.1) is 0 Å². The van der Waals surface area contributed by atoms with Crippen LogP contribution in [0.2, 0.25) is 0 Å². The third kappa shape index (κ3) is 3.66. The van der Waals surface area contributed by atoms with Crippen molar-refractivity contribution in [3.8, 4) is 0 Å². The van der Waals surface area contributed by atoms with Gasteiger partial charge in [-0.2, -0.15) is 4.57 Å². The summed E-state index contributed by atoms with van der Waals surface area (Å²) in [5, 5.41) is 2.68. The fourth-order valence-electron chi connectivity index (χ4n) is 4.25. The molecule has 0 spiro atoms. The van der Waals surface area contributed by atoms with E-state index in [0.29, 0.717) is 0 Å². The summed E-state index contributed by atoms with van der Waals surface area (Å²) < 4.78 is 4.79. The summed E-state index contributed by atoms with van der Waals surface area (Å²) in [7, 11) is 0. The molecule has 2 nitrogen and oxygen atoms in total. The van der Waals surface area contributed by atoms with E-state index in [-0.39, 0.29) is 0 Å². The van der Waals surface area contributed by atoms with Crippen LogP contribution in [0.5, 0.6) is 0 Å². The molecule has 0 saturated heterocycles. The highest BCUT2D eigenvalue weighted by molar-refractivity contribution is 6.07. The summed E-state index contributed by atoms with van der Waals surface area (Å²) in [5.74, 6) is 0. The van der Waals surface area contributed by atoms with E-state index in [4.69, 9.17) is 0 Å². The van der Waals surface area contributed by atoms with Gasteiger partial charge in [0.2, 0.25) is 0 Å². The standard InChI is InChI=1S/C27H25N2/c1-3-10-22(11-4-1)14-9-18-29-26-16-8-7-15-24(26)25-17-19-28(21-27(25)29)20-23-12-5-2-6-13-23/h1-8,10-13,15-17,19,21H,9,14,18,20H2/q+1. The molecule has 0 aliphatic carbocycles. The van der Waals surface area contributed by atoms with E-state index in [9.17, 15) is 0 Å². The first kappa shape index (κ1) is 17.7. The van der Waals surface area contributed by atoms with E-state index in [1.807, 2.05) is 0 Å². The topological polar surface area (TPSA) is 8.81 Å². The molecule has 5 rings (SSSR count). The van der Waals surface area contributed by atoms with Crippen molar-refractivity contribution >= 4 is 21.8 Å². The summed E-state index contributed by atoms with van der Waals surface area (Å²) in [4.78, 5) is 0. The molecule has 2 aromatic heterocycles. The number of rotatable bonds is 6. The number of para-hydroxylation sites is 1. The Hall–Kier alpha value is -3.39. The zero-order valence-electron chi connectivity index (χ0n) is 16.5. The second-order valence-electron chi connectivity index (χ2n) is 7.66. The first-order chi connectivity index (χ1) is 14.4. The normalized spacial score (nSPS) is 11.3. The zero-order chi connectivity index (χ0) is 19.5. The molecule has 0 aliphatic rings. The Kier molecular flexibility index (Phi) is 4.83. The van der Waals surface area contributed by atoms with Crippen molar-refractivity contribution < 1.29 is 4.57 Å². The average molecular weight is 378 g/mol. The fraction of sp³-hybridized carbons (Fsp3) is 0.148. The lowest BCUT2D eigenvalue weighted by Gasteiger charge is -2.07. The minimum atomic E-state index is 0.891. The molecule has 0 fully saturated rings. The molecular formula is C27H25N2+. The molecule has 0 bridgehead atoms. The summed E-state index contributed by atoms with van der Waals surface area (Å²) >= 11 is 0. The van der Waals surface area contributed by atoms with Gasteiger partial charge in [0.25, 0.3) is 0 Å². The second-order valence-corrected chi connectivity index (χ2v) is 7.66. The first-order valence-corrected chi connectivity index (χ1v) is 10.4. The van der Waals surface area contributed by atoms with E-state index >= 15 is 0 Å². The number of aromatic nitrogens is 2. The predicted molar refractivity (Wildman–Crippen MR) is 120 cm³/mol. The van der Waals surface area contributed by atoms with Gasteiger partial charge in [-0.05, 0) is 24.5 Å². The number of aryl methyl sites for hydroxylation is 2.